The lowest BCUT2D eigenvalue weighted by Crippen LogP contribution is -2.25. The number of nitrogens with one attached hydrogen (secondary N) is 1. The molecule has 3 N–H and O–H groups in total. The molecule has 1 heterocycles. The molecule has 0 radical (unpaired) electrons. The van der Waals surface area contributed by atoms with Crippen molar-refractivity contribution < 1.29 is 14.2 Å². The summed E-state index contributed by atoms with van der Waals surface area (Å²) in [6, 6.07) is 5.45. The van der Waals surface area contributed by atoms with Crippen LogP contribution in [-0.2, 0) is 4.74 Å². The molecule has 0 aliphatic carbocycles. The van der Waals surface area contributed by atoms with Gasteiger partial charge in [-0.3, -0.25) is 4.99 Å². The highest BCUT2D eigenvalue weighted by Gasteiger charge is 2.14. The lowest BCUT2D eigenvalue weighted by molar-refractivity contribution is 0.118. The minimum Gasteiger partial charge on any atom is -0.497 e. The highest BCUT2D eigenvalue weighted by Crippen LogP contribution is 2.28. The molecule has 1 fully saturated rings. The zero-order valence-electron chi connectivity index (χ0n) is 11.9. The maximum absolute atomic E-state index is 5.89. The summed E-state index contributed by atoms with van der Waals surface area (Å²) >= 11 is 0. The fourth-order valence-corrected chi connectivity index (χ4v) is 2.08. The second-order valence-corrected chi connectivity index (χ2v) is 4.55. The van der Waals surface area contributed by atoms with E-state index in [0.717, 1.165) is 30.9 Å². The van der Waals surface area contributed by atoms with E-state index in [4.69, 9.17) is 19.9 Å². The molecule has 2 rings (SSSR count). The largest absolute Gasteiger partial charge is 0.497 e. The third kappa shape index (κ3) is 3.77. The van der Waals surface area contributed by atoms with Crippen LogP contribution < -0.4 is 20.5 Å². The molecular weight excluding hydrogens is 258 g/mol. The van der Waals surface area contributed by atoms with Crippen molar-refractivity contribution in [3.8, 4) is 11.5 Å². The monoisotopic (exact) mass is 279 g/mol. The third-order valence-corrected chi connectivity index (χ3v) is 3.16. The Morgan fingerprint density at radius 1 is 1.45 bits per heavy atom. The Bertz CT molecular complexity index is 471. The molecule has 1 atom stereocenters. The summed E-state index contributed by atoms with van der Waals surface area (Å²) in [5.41, 5.74) is 6.61. The van der Waals surface area contributed by atoms with Gasteiger partial charge in [0.1, 0.15) is 11.5 Å². The predicted molar refractivity (Wildman–Crippen MR) is 78.6 cm³/mol. The summed E-state index contributed by atoms with van der Waals surface area (Å²) in [4.78, 5) is 4.29. The molecule has 1 aliphatic rings. The van der Waals surface area contributed by atoms with E-state index in [-0.39, 0.29) is 6.10 Å². The van der Waals surface area contributed by atoms with Crippen molar-refractivity contribution >= 4 is 11.6 Å². The summed E-state index contributed by atoms with van der Waals surface area (Å²) in [5, 5.41) is 3.03. The van der Waals surface area contributed by atoms with Crippen molar-refractivity contribution in [2.24, 2.45) is 10.7 Å². The van der Waals surface area contributed by atoms with E-state index in [1.165, 1.54) is 0 Å². The number of hydrogen-bond donors (Lipinski definition) is 2. The van der Waals surface area contributed by atoms with Crippen LogP contribution in [0.5, 0.6) is 11.5 Å². The molecular formula is C14H21N3O3. The van der Waals surface area contributed by atoms with Gasteiger partial charge in [-0.25, -0.2) is 0 Å². The zero-order chi connectivity index (χ0) is 14.4. The van der Waals surface area contributed by atoms with Crippen molar-refractivity contribution in [3.63, 3.8) is 0 Å². The highest BCUT2D eigenvalue weighted by atomic mass is 16.5. The minimum atomic E-state index is 0.183. The smallest absolute Gasteiger partial charge is 0.193 e. The Morgan fingerprint density at radius 3 is 2.95 bits per heavy atom. The number of nitrogens with two attached hydrogens (primary N) is 1. The fourth-order valence-electron chi connectivity index (χ4n) is 2.08. The summed E-state index contributed by atoms with van der Waals surface area (Å²) in [5.74, 6) is 1.74. The normalized spacial score (nSPS) is 18.9. The van der Waals surface area contributed by atoms with Gasteiger partial charge in [-0.15, -0.1) is 0 Å². The molecule has 1 saturated heterocycles. The first-order valence-corrected chi connectivity index (χ1v) is 6.63. The molecule has 6 nitrogen and oxygen atoms in total. The highest BCUT2D eigenvalue weighted by molar-refractivity contribution is 5.94. The van der Waals surface area contributed by atoms with Crippen LogP contribution in [0.1, 0.15) is 12.8 Å². The summed E-state index contributed by atoms with van der Waals surface area (Å²) in [7, 11) is 3.22. The average Bonchev–Trinajstić information content (AvgIpc) is 2.98. The molecule has 6 heteroatoms. The summed E-state index contributed by atoms with van der Waals surface area (Å²) < 4.78 is 16.0. The number of nitrogens with zero attached hydrogens (tertiary/aromatic N) is 1. The van der Waals surface area contributed by atoms with Gasteiger partial charge in [-0.2, -0.15) is 0 Å². The van der Waals surface area contributed by atoms with E-state index in [2.05, 4.69) is 10.3 Å². The molecule has 1 aromatic carbocycles. The molecule has 110 valence electrons. The summed E-state index contributed by atoms with van der Waals surface area (Å²) in [6.45, 7) is 1.39. The Kier molecular flexibility index (Phi) is 5.06. The van der Waals surface area contributed by atoms with Crippen LogP contribution in [-0.4, -0.2) is 39.4 Å². The van der Waals surface area contributed by atoms with E-state index < -0.39 is 0 Å². The van der Waals surface area contributed by atoms with E-state index in [1.807, 2.05) is 18.2 Å². The van der Waals surface area contributed by atoms with Crippen molar-refractivity contribution in [2.75, 3.05) is 32.7 Å². The van der Waals surface area contributed by atoms with Gasteiger partial charge >= 0.3 is 0 Å². The minimum absolute atomic E-state index is 0.183. The van der Waals surface area contributed by atoms with Crippen LogP contribution in [0.2, 0.25) is 0 Å². The number of anilines is 1. The van der Waals surface area contributed by atoms with Gasteiger partial charge in [0.2, 0.25) is 0 Å². The standard InChI is InChI=1S/C14H21N3O3/c1-18-10-5-6-13(19-2)12(8-10)17-14(15)16-9-11-4-3-7-20-11/h5-6,8,11H,3-4,7,9H2,1-2H3,(H3,15,16,17)/t11-/m1/s1. The third-order valence-electron chi connectivity index (χ3n) is 3.16. The average molecular weight is 279 g/mol. The van der Waals surface area contributed by atoms with Gasteiger partial charge < -0.3 is 25.3 Å². The first-order chi connectivity index (χ1) is 9.72. The SMILES string of the molecule is COc1ccc(OC)c(NC(N)=NC[C@H]2CCCO2)c1. The number of benzene rings is 1. The molecule has 20 heavy (non-hydrogen) atoms. The van der Waals surface area contributed by atoms with Crippen molar-refractivity contribution in [2.45, 2.75) is 18.9 Å². The van der Waals surface area contributed by atoms with Crippen molar-refractivity contribution in [1.82, 2.24) is 0 Å². The van der Waals surface area contributed by atoms with Crippen LogP contribution in [0, 0.1) is 0 Å². The first kappa shape index (κ1) is 14.5. The van der Waals surface area contributed by atoms with Gasteiger partial charge in [-0.1, -0.05) is 0 Å². The Labute approximate surface area is 118 Å². The first-order valence-electron chi connectivity index (χ1n) is 6.63. The van der Waals surface area contributed by atoms with Crippen LogP contribution in [0.3, 0.4) is 0 Å². The lowest BCUT2D eigenvalue weighted by Gasteiger charge is -2.12. The van der Waals surface area contributed by atoms with Gasteiger partial charge in [0.15, 0.2) is 5.96 Å². The number of methoxy groups -OCH3 is 2. The fraction of sp³-hybridized carbons (Fsp3) is 0.500. The molecule has 0 aromatic heterocycles. The topological polar surface area (TPSA) is 78.1 Å². The Hall–Kier alpha value is -1.95. The molecule has 1 aromatic rings. The molecule has 0 saturated carbocycles. The van der Waals surface area contributed by atoms with Gasteiger partial charge in [0.05, 0.1) is 32.6 Å². The Balaban J connectivity index is 2.01. The number of guanidine groups is 1. The quantitative estimate of drug-likeness (QED) is 0.632. The van der Waals surface area contributed by atoms with Gasteiger partial charge in [0.25, 0.3) is 0 Å². The number of rotatable bonds is 5. The van der Waals surface area contributed by atoms with E-state index in [1.54, 1.807) is 14.2 Å². The van der Waals surface area contributed by atoms with E-state index in [0.29, 0.717) is 18.3 Å². The molecule has 1 aliphatic heterocycles. The molecule has 0 unspecified atom stereocenters. The summed E-state index contributed by atoms with van der Waals surface area (Å²) in [6.07, 6.45) is 2.32. The van der Waals surface area contributed by atoms with Crippen LogP contribution in [0.15, 0.2) is 23.2 Å². The van der Waals surface area contributed by atoms with Gasteiger partial charge in [-0.05, 0) is 25.0 Å². The van der Waals surface area contributed by atoms with Crippen LogP contribution >= 0.6 is 0 Å². The maximum atomic E-state index is 5.89. The maximum Gasteiger partial charge on any atom is 0.193 e. The zero-order valence-corrected chi connectivity index (χ0v) is 11.9. The van der Waals surface area contributed by atoms with E-state index >= 15 is 0 Å². The Morgan fingerprint density at radius 2 is 2.30 bits per heavy atom. The second kappa shape index (κ2) is 7.00. The number of ether oxygens (including phenoxy) is 3. The van der Waals surface area contributed by atoms with Crippen LogP contribution in [0.25, 0.3) is 0 Å². The number of aliphatic imine (C=N–C) groups is 1. The van der Waals surface area contributed by atoms with E-state index in [9.17, 15) is 0 Å². The van der Waals surface area contributed by atoms with Crippen molar-refractivity contribution in [3.05, 3.63) is 18.2 Å². The molecule has 0 bridgehead atoms. The van der Waals surface area contributed by atoms with Gasteiger partial charge in [0, 0.05) is 12.7 Å². The molecule has 0 amide bonds. The lowest BCUT2D eigenvalue weighted by atomic mass is 10.2. The van der Waals surface area contributed by atoms with Crippen molar-refractivity contribution in [1.29, 1.82) is 0 Å². The predicted octanol–water partition coefficient (Wildman–Crippen LogP) is 1.61. The number of hydrogen-bond acceptors (Lipinski definition) is 4. The molecule has 0 spiro atoms. The van der Waals surface area contributed by atoms with Crippen LogP contribution in [0.4, 0.5) is 5.69 Å². The second-order valence-electron chi connectivity index (χ2n) is 4.55.